The molecule has 1 aliphatic heterocycles. The van der Waals surface area contributed by atoms with E-state index >= 15 is 0 Å². The fraction of sp³-hybridized carbons (Fsp3) is 0.714. The minimum atomic E-state index is 0.207. The van der Waals surface area contributed by atoms with Gasteiger partial charge in [-0.1, -0.05) is 0 Å². The Morgan fingerprint density at radius 2 is 2.20 bits per heavy atom. The van der Waals surface area contributed by atoms with Crippen molar-refractivity contribution in [3.05, 3.63) is 18.5 Å². The van der Waals surface area contributed by atoms with Crippen molar-refractivity contribution < 1.29 is 14.6 Å². The normalized spacial score (nSPS) is 30.1. The maximum Gasteiger partial charge on any atom is 0.316 e. The van der Waals surface area contributed by atoms with Crippen LogP contribution in [0.15, 0.2) is 18.5 Å². The molecule has 2 heterocycles. The number of aliphatic hydroxyl groups is 1. The van der Waals surface area contributed by atoms with Gasteiger partial charge in [-0.05, 0) is 18.9 Å². The minimum Gasteiger partial charge on any atom is -0.463 e. The molecule has 20 heavy (non-hydrogen) atoms. The molecule has 0 unspecified atom stereocenters. The van der Waals surface area contributed by atoms with Crippen molar-refractivity contribution in [2.24, 2.45) is 5.92 Å². The second-order valence-corrected chi connectivity index (χ2v) is 5.34. The maximum absolute atomic E-state index is 9.13. The van der Waals surface area contributed by atoms with Crippen LogP contribution in [0.5, 0.6) is 6.01 Å². The second kappa shape index (κ2) is 6.47. The molecule has 1 saturated heterocycles. The zero-order chi connectivity index (χ0) is 13.8. The summed E-state index contributed by atoms with van der Waals surface area (Å²) in [7, 11) is 0. The maximum atomic E-state index is 9.13. The number of aromatic nitrogens is 2. The first-order valence-corrected chi connectivity index (χ1v) is 7.25. The zero-order valence-corrected chi connectivity index (χ0v) is 11.5. The van der Waals surface area contributed by atoms with Crippen LogP contribution >= 0.6 is 0 Å². The molecular formula is C14H21N3O3. The molecule has 110 valence electrons. The van der Waals surface area contributed by atoms with Gasteiger partial charge in [-0.25, -0.2) is 9.97 Å². The standard InChI is InChI=1S/C14H21N3O3/c18-8-6-17-7-9-19-13-11(2-3-12(13)17)10-20-14-15-4-1-5-16-14/h1,4-5,11-13,18H,2-3,6-10H2/t11-,12-,13+/m0/s1. The molecule has 0 aromatic carbocycles. The van der Waals surface area contributed by atoms with E-state index in [1.54, 1.807) is 18.5 Å². The number of aliphatic hydroxyl groups excluding tert-OH is 1. The van der Waals surface area contributed by atoms with Crippen LogP contribution in [-0.2, 0) is 4.74 Å². The molecule has 3 atom stereocenters. The van der Waals surface area contributed by atoms with E-state index in [0.29, 0.717) is 24.6 Å². The van der Waals surface area contributed by atoms with Gasteiger partial charge in [0.1, 0.15) is 0 Å². The summed E-state index contributed by atoms with van der Waals surface area (Å²) in [5.41, 5.74) is 0. The van der Waals surface area contributed by atoms with Crippen molar-refractivity contribution in [2.45, 2.75) is 25.0 Å². The first-order valence-electron chi connectivity index (χ1n) is 7.25. The first kappa shape index (κ1) is 13.7. The van der Waals surface area contributed by atoms with Gasteiger partial charge in [0, 0.05) is 37.4 Å². The lowest BCUT2D eigenvalue weighted by Gasteiger charge is -2.38. The van der Waals surface area contributed by atoms with Crippen molar-refractivity contribution in [1.29, 1.82) is 0 Å². The monoisotopic (exact) mass is 279 g/mol. The van der Waals surface area contributed by atoms with Crippen LogP contribution in [-0.4, -0.2) is 65.0 Å². The van der Waals surface area contributed by atoms with Gasteiger partial charge in [-0.3, -0.25) is 4.90 Å². The molecule has 6 heteroatoms. The number of hydrogen-bond donors (Lipinski definition) is 1. The molecule has 0 radical (unpaired) electrons. The SMILES string of the molecule is OCCN1CCO[C@@H]2[C@H](COc3ncccn3)CC[C@@H]21. The lowest BCUT2D eigenvalue weighted by molar-refractivity contribution is -0.0818. The summed E-state index contributed by atoms with van der Waals surface area (Å²) in [5, 5.41) is 9.13. The van der Waals surface area contributed by atoms with Crippen molar-refractivity contribution in [3.63, 3.8) is 0 Å². The van der Waals surface area contributed by atoms with E-state index in [0.717, 1.165) is 32.5 Å². The van der Waals surface area contributed by atoms with E-state index in [9.17, 15) is 0 Å². The highest BCUT2D eigenvalue weighted by Crippen LogP contribution is 2.34. The van der Waals surface area contributed by atoms with Gasteiger partial charge in [-0.15, -0.1) is 0 Å². The Bertz CT molecular complexity index is 415. The van der Waals surface area contributed by atoms with E-state index < -0.39 is 0 Å². The van der Waals surface area contributed by atoms with Crippen LogP contribution in [0.25, 0.3) is 0 Å². The predicted octanol–water partition coefficient (Wildman–Crippen LogP) is 0.327. The fourth-order valence-electron chi connectivity index (χ4n) is 3.26. The average molecular weight is 279 g/mol. The Labute approximate surface area is 118 Å². The van der Waals surface area contributed by atoms with Crippen molar-refractivity contribution in [3.8, 4) is 6.01 Å². The number of fused-ring (bicyclic) bond motifs is 1. The largest absolute Gasteiger partial charge is 0.463 e. The number of nitrogens with zero attached hydrogens (tertiary/aromatic N) is 3. The van der Waals surface area contributed by atoms with Crippen LogP contribution in [0.4, 0.5) is 0 Å². The Balaban J connectivity index is 1.56. The smallest absolute Gasteiger partial charge is 0.316 e. The number of β-amino-alcohol motifs (C(OH)–C–C–N with tert-alkyl or cyclic N) is 1. The molecular weight excluding hydrogens is 258 g/mol. The Hall–Kier alpha value is -1.24. The van der Waals surface area contributed by atoms with Crippen molar-refractivity contribution in [2.75, 3.05) is 32.9 Å². The Morgan fingerprint density at radius 3 is 3.00 bits per heavy atom. The third kappa shape index (κ3) is 2.92. The van der Waals surface area contributed by atoms with Gasteiger partial charge >= 0.3 is 6.01 Å². The lowest BCUT2D eigenvalue weighted by Crippen LogP contribution is -2.51. The Kier molecular flexibility index (Phi) is 4.44. The highest BCUT2D eigenvalue weighted by Gasteiger charge is 2.42. The van der Waals surface area contributed by atoms with Gasteiger partial charge in [-0.2, -0.15) is 0 Å². The molecule has 0 spiro atoms. The van der Waals surface area contributed by atoms with Gasteiger partial charge in [0.2, 0.25) is 0 Å². The third-order valence-electron chi connectivity index (χ3n) is 4.19. The number of ether oxygens (including phenoxy) is 2. The fourth-order valence-corrected chi connectivity index (χ4v) is 3.26. The van der Waals surface area contributed by atoms with Crippen LogP contribution < -0.4 is 4.74 Å². The van der Waals surface area contributed by atoms with E-state index in [1.165, 1.54) is 0 Å². The molecule has 1 aromatic heterocycles. The van der Waals surface area contributed by atoms with E-state index in [1.807, 2.05) is 0 Å². The summed E-state index contributed by atoms with van der Waals surface area (Å²) in [6.07, 6.45) is 5.76. The molecule has 1 aliphatic carbocycles. The molecule has 1 aromatic rings. The average Bonchev–Trinajstić information content (AvgIpc) is 2.91. The summed E-state index contributed by atoms with van der Waals surface area (Å²) >= 11 is 0. The molecule has 0 bridgehead atoms. The van der Waals surface area contributed by atoms with Gasteiger partial charge in [0.25, 0.3) is 0 Å². The summed E-state index contributed by atoms with van der Waals surface area (Å²) < 4.78 is 11.6. The van der Waals surface area contributed by atoms with Crippen molar-refractivity contribution in [1.82, 2.24) is 14.9 Å². The zero-order valence-electron chi connectivity index (χ0n) is 11.5. The Morgan fingerprint density at radius 1 is 1.35 bits per heavy atom. The predicted molar refractivity (Wildman–Crippen MR) is 72.4 cm³/mol. The highest BCUT2D eigenvalue weighted by atomic mass is 16.5. The minimum absolute atomic E-state index is 0.207. The molecule has 1 saturated carbocycles. The van der Waals surface area contributed by atoms with Crippen LogP contribution in [0.1, 0.15) is 12.8 Å². The van der Waals surface area contributed by atoms with Crippen LogP contribution in [0, 0.1) is 5.92 Å². The molecule has 2 aliphatic rings. The molecule has 6 nitrogen and oxygen atoms in total. The summed E-state index contributed by atoms with van der Waals surface area (Å²) in [6.45, 7) is 3.19. The molecule has 2 fully saturated rings. The quantitative estimate of drug-likeness (QED) is 0.837. The van der Waals surface area contributed by atoms with E-state index in [-0.39, 0.29) is 12.7 Å². The summed E-state index contributed by atoms with van der Waals surface area (Å²) in [6, 6.07) is 2.62. The number of morpholine rings is 1. The number of rotatable bonds is 5. The van der Waals surface area contributed by atoms with Crippen molar-refractivity contribution >= 4 is 0 Å². The van der Waals surface area contributed by atoms with Gasteiger partial charge in [0.15, 0.2) is 0 Å². The highest BCUT2D eigenvalue weighted by molar-refractivity contribution is 4.97. The van der Waals surface area contributed by atoms with E-state index in [2.05, 4.69) is 14.9 Å². The molecule has 0 amide bonds. The lowest BCUT2D eigenvalue weighted by atomic mass is 10.0. The van der Waals surface area contributed by atoms with Gasteiger partial charge in [0.05, 0.1) is 25.9 Å². The van der Waals surface area contributed by atoms with E-state index in [4.69, 9.17) is 14.6 Å². The summed E-state index contributed by atoms with van der Waals surface area (Å²) in [5.74, 6) is 0.380. The molecule has 1 N–H and O–H groups in total. The number of hydrogen-bond acceptors (Lipinski definition) is 6. The van der Waals surface area contributed by atoms with Crippen LogP contribution in [0.3, 0.4) is 0 Å². The first-order chi connectivity index (χ1) is 9.88. The topological polar surface area (TPSA) is 67.7 Å². The van der Waals surface area contributed by atoms with Crippen LogP contribution in [0.2, 0.25) is 0 Å². The molecule has 3 rings (SSSR count). The summed E-state index contributed by atoms with van der Waals surface area (Å²) in [4.78, 5) is 10.5. The second-order valence-electron chi connectivity index (χ2n) is 5.34. The van der Waals surface area contributed by atoms with Gasteiger partial charge < -0.3 is 14.6 Å². The third-order valence-corrected chi connectivity index (χ3v) is 4.19.